The van der Waals surface area contributed by atoms with Gasteiger partial charge in [0.15, 0.2) is 0 Å². The third-order valence-electron chi connectivity index (χ3n) is 4.17. The molecule has 0 saturated heterocycles. The SMILES string of the molecule is N#Cc1cc(-n2cc(C(F)(F)F)c3c2CCC(F)(F)C3O)ccc1Cl. The molecule has 0 radical (unpaired) electrons. The van der Waals surface area contributed by atoms with E-state index in [0.29, 0.717) is 6.20 Å². The van der Waals surface area contributed by atoms with Gasteiger partial charge < -0.3 is 9.67 Å². The summed E-state index contributed by atoms with van der Waals surface area (Å²) in [5.41, 5.74) is -1.99. The van der Waals surface area contributed by atoms with Crippen molar-refractivity contribution in [3.05, 3.63) is 51.8 Å². The third-order valence-corrected chi connectivity index (χ3v) is 4.50. The van der Waals surface area contributed by atoms with Crippen molar-refractivity contribution in [3.63, 3.8) is 0 Å². The topological polar surface area (TPSA) is 49.0 Å². The van der Waals surface area contributed by atoms with E-state index in [4.69, 9.17) is 16.9 Å². The Hall–Kier alpha value is -2.11. The van der Waals surface area contributed by atoms with E-state index in [-0.39, 0.29) is 28.4 Å². The molecule has 1 N–H and O–H groups in total. The van der Waals surface area contributed by atoms with Gasteiger partial charge in [-0.2, -0.15) is 18.4 Å². The van der Waals surface area contributed by atoms with Gasteiger partial charge in [0.1, 0.15) is 12.2 Å². The smallest absolute Gasteiger partial charge is 0.382 e. The van der Waals surface area contributed by atoms with Gasteiger partial charge in [-0.3, -0.25) is 0 Å². The molecule has 0 saturated carbocycles. The normalized spacial score (nSPS) is 19.4. The first-order chi connectivity index (χ1) is 11.6. The fourth-order valence-electron chi connectivity index (χ4n) is 2.96. The van der Waals surface area contributed by atoms with Crippen molar-refractivity contribution in [3.8, 4) is 11.8 Å². The van der Waals surface area contributed by atoms with Crippen molar-refractivity contribution in [1.82, 2.24) is 4.57 Å². The van der Waals surface area contributed by atoms with Crippen molar-refractivity contribution in [1.29, 1.82) is 5.26 Å². The Kier molecular flexibility index (Phi) is 4.05. The number of rotatable bonds is 1. The summed E-state index contributed by atoms with van der Waals surface area (Å²) in [7, 11) is 0. The average molecular weight is 377 g/mol. The number of nitriles is 1. The summed E-state index contributed by atoms with van der Waals surface area (Å²) in [4.78, 5) is 0. The van der Waals surface area contributed by atoms with Gasteiger partial charge in [0, 0.05) is 29.6 Å². The van der Waals surface area contributed by atoms with Crippen LogP contribution < -0.4 is 0 Å². The number of alkyl halides is 5. The second-order valence-corrected chi connectivity index (χ2v) is 6.12. The molecule has 25 heavy (non-hydrogen) atoms. The molecule has 0 fully saturated rings. The van der Waals surface area contributed by atoms with Crippen LogP contribution in [0.15, 0.2) is 24.4 Å². The van der Waals surface area contributed by atoms with Gasteiger partial charge in [-0.25, -0.2) is 8.78 Å². The number of aliphatic hydroxyl groups excluding tert-OH is 1. The van der Waals surface area contributed by atoms with E-state index < -0.39 is 35.8 Å². The van der Waals surface area contributed by atoms with E-state index in [1.807, 2.05) is 6.07 Å². The first kappa shape index (κ1) is 17.7. The minimum atomic E-state index is -4.91. The van der Waals surface area contributed by atoms with Gasteiger partial charge in [-0.15, -0.1) is 0 Å². The molecule has 0 amide bonds. The summed E-state index contributed by atoms with van der Waals surface area (Å²) in [6.45, 7) is 0. The molecule has 1 aromatic carbocycles. The molecule has 1 unspecified atom stereocenters. The predicted molar refractivity (Wildman–Crippen MR) is 78.7 cm³/mol. The second kappa shape index (κ2) is 5.71. The molecule has 1 aromatic heterocycles. The predicted octanol–water partition coefficient (Wildman–Crippen LogP) is 4.64. The van der Waals surface area contributed by atoms with Crippen LogP contribution in [-0.2, 0) is 12.6 Å². The maximum Gasteiger partial charge on any atom is 0.418 e. The molecule has 0 aliphatic heterocycles. The number of nitrogens with zero attached hydrogens (tertiary/aromatic N) is 2. The summed E-state index contributed by atoms with van der Waals surface area (Å²) in [6.07, 6.45) is -7.91. The molecule has 1 aliphatic carbocycles. The summed E-state index contributed by atoms with van der Waals surface area (Å²) in [5.74, 6) is -3.64. The highest BCUT2D eigenvalue weighted by molar-refractivity contribution is 6.31. The highest BCUT2D eigenvalue weighted by Crippen LogP contribution is 2.48. The van der Waals surface area contributed by atoms with E-state index in [1.165, 1.54) is 18.2 Å². The van der Waals surface area contributed by atoms with Crippen molar-refractivity contribution >= 4 is 11.6 Å². The minimum Gasteiger partial charge on any atom is -0.382 e. The molecule has 1 atom stereocenters. The van der Waals surface area contributed by atoms with Crippen LogP contribution in [0.1, 0.15) is 34.9 Å². The van der Waals surface area contributed by atoms with Crippen LogP contribution in [0.4, 0.5) is 22.0 Å². The highest BCUT2D eigenvalue weighted by atomic mass is 35.5. The Morgan fingerprint density at radius 1 is 1.32 bits per heavy atom. The minimum absolute atomic E-state index is 0.0388. The summed E-state index contributed by atoms with van der Waals surface area (Å²) >= 11 is 5.81. The van der Waals surface area contributed by atoms with Gasteiger partial charge in [0.2, 0.25) is 0 Å². The molecule has 1 heterocycles. The second-order valence-electron chi connectivity index (χ2n) is 5.71. The maximum absolute atomic E-state index is 13.7. The third kappa shape index (κ3) is 2.87. The van der Waals surface area contributed by atoms with Gasteiger partial charge in [-0.05, 0) is 24.6 Å². The van der Waals surface area contributed by atoms with Crippen molar-refractivity contribution < 1.29 is 27.1 Å². The zero-order chi connectivity index (χ0) is 18.6. The Morgan fingerprint density at radius 3 is 2.60 bits per heavy atom. The lowest BCUT2D eigenvalue weighted by molar-refractivity contribution is -0.147. The molecule has 0 spiro atoms. The van der Waals surface area contributed by atoms with Crippen molar-refractivity contribution in [2.75, 3.05) is 0 Å². The Labute approximate surface area is 143 Å². The standard InChI is InChI=1S/C16H10ClF5N2O/c17-11-2-1-9(5-8(11)6-23)24-7-10(16(20,21)22)13-12(24)3-4-15(18,19)14(13)25/h1-2,5,7,14,25H,3-4H2. The van der Waals surface area contributed by atoms with E-state index in [9.17, 15) is 27.1 Å². The molecule has 1 aliphatic rings. The van der Waals surface area contributed by atoms with Crippen LogP contribution in [-0.4, -0.2) is 15.6 Å². The number of aliphatic hydroxyl groups is 1. The molecule has 9 heteroatoms. The number of benzene rings is 1. The van der Waals surface area contributed by atoms with E-state index >= 15 is 0 Å². The Balaban J connectivity index is 2.26. The van der Waals surface area contributed by atoms with Crippen molar-refractivity contribution in [2.45, 2.75) is 31.0 Å². The van der Waals surface area contributed by atoms with Gasteiger partial charge in [-0.1, -0.05) is 11.6 Å². The molecular weight excluding hydrogens is 367 g/mol. The van der Waals surface area contributed by atoms with Crippen LogP contribution >= 0.6 is 11.6 Å². The van der Waals surface area contributed by atoms with Crippen LogP contribution in [0.5, 0.6) is 0 Å². The summed E-state index contributed by atoms with van der Waals surface area (Å²) in [6, 6.07) is 5.79. The molecular formula is C16H10ClF5N2O. The first-order valence-electron chi connectivity index (χ1n) is 7.13. The fourth-order valence-corrected chi connectivity index (χ4v) is 3.12. The molecule has 3 rings (SSSR count). The van der Waals surface area contributed by atoms with E-state index in [2.05, 4.69) is 0 Å². The largest absolute Gasteiger partial charge is 0.418 e. The fraction of sp³-hybridized carbons (Fsp3) is 0.312. The zero-order valence-corrected chi connectivity index (χ0v) is 13.2. The summed E-state index contributed by atoms with van der Waals surface area (Å²) < 4.78 is 68.4. The lowest BCUT2D eigenvalue weighted by atomic mass is 9.89. The van der Waals surface area contributed by atoms with Gasteiger partial charge in [0.25, 0.3) is 5.92 Å². The molecule has 0 bridgehead atoms. The molecule has 132 valence electrons. The van der Waals surface area contributed by atoms with Crippen LogP contribution in [0.25, 0.3) is 5.69 Å². The number of fused-ring (bicyclic) bond motifs is 1. The Morgan fingerprint density at radius 2 is 2.00 bits per heavy atom. The first-order valence-corrected chi connectivity index (χ1v) is 7.51. The lowest BCUT2D eigenvalue weighted by Gasteiger charge is -2.29. The summed E-state index contributed by atoms with van der Waals surface area (Å²) in [5, 5.41) is 18.9. The number of aromatic nitrogens is 1. The number of hydrogen-bond acceptors (Lipinski definition) is 2. The van der Waals surface area contributed by atoms with Crippen molar-refractivity contribution in [2.24, 2.45) is 0 Å². The van der Waals surface area contributed by atoms with Crippen LogP contribution in [0.3, 0.4) is 0 Å². The van der Waals surface area contributed by atoms with Crippen LogP contribution in [0.2, 0.25) is 5.02 Å². The monoisotopic (exact) mass is 376 g/mol. The van der Waals surface area contributed by atoms with E-state index in [0.717, 1.165) is 4.57 Å². The van der Waals surface area contributed by atoms with E-state index in [1.54, 1.807) is 0 Å². The molecule has 3 nitrogen and oxygen atoms in total. The number of halogens is 6. The maximum atomic E-state index is 13.7. The lowest BCUT2D eigenvalue weighted by Crippen LogP contribution is -2.33. The zero-order valence-electron chi connectivity index (χ0n) is 12.4. The highest BCUT2D eigenvalue weighted by Gasteiger charge is 2.50. The Bertz CT molecular complexity index is 882. The van der Waals surface area contributed by atoms with Gasteiger partial charge >= 0.3 is 6.18 Å². The molecule has 2 aromatic rings. The average Bonchev–Trinajstić information content (AvgIpc) is 2.92. The quantitative estimate of drug-likeness (QED) is 0.737. The van der Waals surface area contributed by atoms with Crippen LogP contribution in [0, 0.1) is 11.3 Å². The van der Waals surface area contributed by atoms with Gasteiger partial charge in [0.05, 0.1) is 16.1 Å². The number of hydrogen-bond donors (Lipinski definition) is 1.